The molecule has 90 valence electrons. The van der Waals surface area contributed by atoms with E-state index in [0.717, 1.165) is 6.42 Å². The van der Waals surface area contributed by atoms with E-state index < -0.39 is 12.1 Å². The maximum atomic E-state index is 9.75. The van der Waals surface area contributed by atoms with Gasteiger partial charge >= 0.3 is 0 Å². The molecule has 2 atom stereocenters. The van der Waals surface area contributed by atoms with Gasteiger partial charge in [0.25, 0.3) is 0 Å². The summed E-state index contributed by atoms with van der Waals surface area (Å²) in [4.78, 5) is 0. The van der Waals surface area contributed by atoms with Gasteiger partial charge in [0.1, 0.15) is 11.5 Å². The molecule has 0 spiro atoms. The van der Waals surface area contributed by atoms with Crippen molar-refractivity contribution in [2.24, 2.45) is 5.73 Å². The molecule has 0 amide bonds. The summed E-state index contributed by atoms with van der Waals surface area (Å²) >= 11 is 0. The van der Waals surface area contributed by atoms with Crippen molar-refractivity contribution < 1.29 is 14.9 Å². The number of hydrogen-bond donors (Lipinski definition) is 3. The van der Waals surface area contributed by atoms with Crippen LogP contribution in [0, 0.1) is 0 Å². The number of aromatic hydroxyl groups is 1. The van der Waals surface area contributed by atoms with E-state index in [1.54, 1.807) is 12.1 Å². The van der Waals surface area contributed by atoms with Gasteiger partial charge in [-0.2, -0.15) is 0 Å². The Balaban J connectivity index is 2.87. The van der Waals surface area contributed by atoms with Crippen molar-refractivity contribution in [1.29, 1.82) is 0 Å². The predicted molar refractivity (Wildman–Crippen MR) is 62.5 cm³/mol. The van der Waals surface area contributed by atoms with Crippen LogP contribution in [-0.4, -0.2) is 23.4 Å². The van der Waals surface area contributed by atoms with Crippen molar-refractivity contribution >= 4 is 0 Å². The van der Waals surface area contributed by atoms with E-state index in [4.69, 9.17) is 10.5 Å². The lowest BCUT2D eigenvalue weighted by molar-refractivity contribution is 0.133. The third kappa shape index (κ3) is 2.87. The highest BCUT2D eigenvalue weighted by Crippen LogP contribution is 2.29. The summed E-state index contributed by atoms with van der Waals surface area (Å²) in [6.45, 7) is 1.98. The summed E-state index contributed by atoms with van der Waals surface area (Å²) in [7, 11) is 1.53. The van der Waals surface area contributed by atoms with E-state index in [0.29, 0.717) is 17.7 Å². The molecule has 0 fully saturated rings. The molecule has 1 aromatic carbocycles. The number of aliphatic hydroxyl groups excluding tert-OH is 1. The lowest BCUT2D eigenvalue weighted by atomic mass is 9.98. The van der Waals surface area contributed by atoms with Gasteiger partial charge in [-0.1, -0.05) is 13.3 Å². The fraction of sp³-hybridized carbons (Fsp3) is 0.500. The second-order valence-electron chi connectivity index (χ2n) is 3.81. The first kappa shape index (κ1) is 12.8. The molecule has 16 heavy (non-hydrogen) atoms. The van der Waals surface area contributed by atoms with E-state index in [2.05, 4.69) is 0 Å². The maximum Gasteiger partial charge on any atom is 0.124 e. The lowest BCUT2D eigenvalue weighted by Crippen LogP contribution is -2.26. The van der Waals surface area contributed by atoms with Crippen LogP contribution in [0.15, 0.2) is 18.2 Å². The van der Waals surface area contributed by atoms with Gasteiger partial charge in [-0.05, 0) is 18.6 Å². The minimum atomic E-state index is -0.635. The topological polar surface area (TPSA) is 75.7 Å². The van der Waals surface area contributed by atoms with E-state index in [1.807, 2.05) is 6.92 Å². The van der Waals surface area contributed by atoms with Gasteiger partial charge in [-0.25, -0.2) is 0 Å². The average Bonchev–Trinajstić information content (AvgIpc) is 2.28. The second kappa shape index (κ2) is 5.72. The molecule has 1 rings (SSSR count). The first-order valence-corrected chi connectivity index (χ1v) is 5.40. The molecule has 4 nitrogen and oxygen atoms in total. The number of phenolic OH excluding ortho intramolecular Hbond substituents is 1. The number of ether oxygens (including phenoxy) is 1. The molecule has 0 unspecified atom stereocenters. The molecule has 0 aliphatic carbocycles. The van der Waals surface area contributed by atoms with Crippen LogP contribution in [-0.2, 0) is 0 Å². The van der Waals surface area contributed by atoms with E-state index in [-0.39, 0.29) is 5.75 Å². The lowest BCUT2D eigenvalue weighted by Gasteiger charge is -2.19. The van der Waals surface area contributed by atoms with E-state index in [9.17, 15) is 10.2 Å². The highest BCUT2D eigenvalue weighted by molar-refractivity contribution is 5.41. The quantitative estimate of drug-likeness (QED) is 0.711. The van der Waals surface area contributed by atoms with E-state index in [1.165, 1.54) is 13.2 Å². The summed E-state index contributed by atoms with van der Waals surface area (Å²) in [6.07, 6.45) is 0.836. The van der Waals surface area contributed by atoms with Crippen LogP contribution in [0.2, 0.25) is 0 Å². The van der Waals surface area contributed by atoms with Gasteiger partial charge in [0.05, 0.1) is 19.3 Å². The zero-order valence-electron chi connectivity index (χ0n) is 9.68. The number of nitrogens with two attached hydrogens (primary N) is 1. The normalized spacial score (nSPS) is 14.5. The Morgan fingerprint density at radius 2 is 2.12 bits per heavy atom. The summed E-state index contributed by atoms with van der Waals surface area (Å²) in [5.41, 5.74) is 6.41. The minimum Gasteiger partial charge on any atom is -0.507 e. The van der Waals surface area contributed by atoms with Crippen molar-refractivity contribution in [1.82, 2.24) is 0 Å². The molecule has 0 saturated heterocycles. The number of rotatable bonds is 5. The largest absolute Gasteiger partial charge is 0.507 e. The molecule has 1 aromatic rings. The minimum absolute atomic E-state index is 0.0574. The third-order valence-corrected chi connectivity index (χ3v) is 2.60. The molecule has 0 bridgehead atoms. The van der Waals surface area contributed by atoms with Crippen LogP contribution in [0.5, 0.6) is 11.5 Å². The Morgan fingerprint density at radius 1 is 1.44 bits per heavy atom. The van der Waals surface area contributed by atoms with Crippen LogP contribution in [0.25, 0.3) is 0 Å². The molecule has 0 heterocycles. The third-order valence-electron chi connectivity index (χ3n) is 2.60. The first-order chi connectivity index (χ1) is 7.60. The van der Waals surface area contributed by atoms with Crippen LogP contribution >= 0.6 is 0 Å². The zero-order chi connectivity index (χ0) is 12.1. The summed E-state index contributed by atoms with van der Waals surface area (Å²) < 4.78 is 4.97. The van der Waals surface area contributed by atoms with Gasteiger partial charge in [0.2, 0.25) is 0 Å². The van der Waals surface area contributed by atoms with Gasteiger partial charge in [0, 0.05) is 11.6 Å². The second-order valence-corrected chi connectivity index (χ2v) is 3.81. The maximum absolute atomic E-state index is 9.75. The first-order valence-electron chi connectivity index (χ1n) is 5.40. The van der Waals surface area contributed by atoms with Crippen molar-refractivity contribution in [3.8, 4) is 11.5 Å². The van der Waals surface area contributed by atoms with Crippen LogP contribution in [0.1, 0.15) is 31.4 Å². The van der Waals surface area contributed by atoms with Gasteiger partial charge < -0.3 is 20.7 Å². The number of methoxy groups -OCH3 is 1. The summed E-state index contributed by atoms with van der Waals surface area (Å²) in [5, 5.41) is 19.5. The Hall–Kier alpha value is -1.26. The Morgan fingerprint density at radius 3 is 2.62 bits per heavy atom. The molecular weight excluding hydrogens is 206 g/mol. The standard InChI is InChI=1S/C12H19NO3/c1-3-4-10(14)12(13)9-6-5-8(16-2)7-11(9)15/h5-7,10,12,14-15H,3-4,13H2,1-2H3/t10-,12+/m1/s1. The predicted octanol–water partition coefficient (Wildman–Crippen LogP) is 1.56. The SMILES string of the molecule is CCC[C@@H](O)[C@@H](N)c1ccc(OC)cc1O. The zero-order valence-corrected chi connectivity index (χ0v) is 9.68. The van der Waals surface area contributed by atoms with Gasteiger partial charge in [-0.3, -0.25) is 0 Å². The molecular formula is C12H19NO3. The number of phenols is 1. The fourth-order valence-corrected chi connectivity index (χ4v) is 1.61. The van der Waals surface area contributed by atoms with Crippen LogP contribution in [0.3, 0.4) is 0 Å². The Kier molecular flexibility index (Phi) is 4.58. The smallest absolute Gasteiger partial charge is 0.124 e. The average molecular weight is 225 g/mol. The molecule has 4 heteroatoms. The summed E-state index contributed by atoms with van der Waals surface area (Å²) in [6, 6.07) is 4.32. The van der Waals surface area contributed by atoms with Crippen molar-refractivity contribution in [2.45, 2.75) is 31.9 Å². The molecule has 0 saturated carbocycles. The molecule has 0 aliphatic heterocycles. The highest BCUT2D eigenvalue weighted by atomic mass is 16.5. The van der Waals surface area contributed by atoms with Gasteiger partial charge in [0.15, 0.2) is 0 Å². The van der Waals surface area contributed by atoms with Crippen LogP contribution in [0.4, 0.5) is 0 Å². The molecule has 4 N–H and O–H groups in total. The number of aliphatic hydroxyl groups is 1. The Labute approximate surface area is 95.7 Å². The molecule has 0 aliphatic rings. The van der Waals surface area contributed by atoms with Crippen molar-refractivity contribution in [2.75, 3.05) is 7.11 Å². The highest BCUT2D eigenvalue weighted by Gasteiger charge is 2.19. The number of hydrogen-bond acceptors (Lipinski definition) is 4. The van der Waals surface area contributed by atoms with E-state index >= 15 is 0 Å². The monoisotopic (exact) mass is 225 g/mol. The number of benzene rings is 1. The van der Waals surface area contributed by atoms with Crippen LogP contribution < -0.4 is 10.5 Å². The Bertz CT molecular complexity index is 341. The molecule has 0 radical (unpaired) electrons. The summed E-state index contributed by atoms with van der Waals surface area (Å²) in [5.74, 6) is 0.625. The van der Waals surface area contributed by atoms with Crippen molar-refractivity contribution in [3.05, 3.63) is 23.8 Å². The molecule has 0 aromatic heterocycles. The van der Waals surface area contributed by atoms with Crippen molar-refractivity contribution in [3.63, 3.8) is 0 Å². The fourth-order valence-electron chi connectivity index (χ4n) is 1.61. The van der Waals surface area contributed by atoms with Gasteiger partial charge in [-0.15, -0.1) is 0 Å².